The third-order valence-electron chi connectivity index (χ3n) is 4.62. The van der Waals surface area contributed by atoms with Crippen molar-refractivity contribution < 1.29 is 9.21 Å². The Bertz CT molecular complexity index is 741. The number of nitrogens with zero attached hydrogens (tertiary/aromatic N) is 2. The van der Waals surface area contributed by atoms with E-state index in [9.17, 15) is 4.79 Å². The molecule has 5 nitrogen and oxygen atoms in total. The van der Waals surface area contributed by atoms with Crippen LogP contribution >= 0.6 is 0 Å². The average Bonchev–Trinajstić information content (AvgIpc) is 2.93. The topological polar surface area (TPSA) is 60.1 Å². The molecule has 3 rings (SSSR count). The summed E-state index contributed by atoms with van der Waals surface area (Å²) in [5, 5.41) is 7.15. The van der Waals surface area contributed by atoms with Gasteiger partial charge in [-0.2, -0.15) is 5.10 Å². The van der Waals surface area contributed by atoms with E-state index in [1.54, 1.807) is 17.0 Å². The normalized spacial score (nSPS) is 21.6. The molecule has 0 aromatic carbocycles. The van der Waals surface area contributed by atoms with Gasteiger partial charge in [0, 0.05) is 30.3 Å². The van der Waals surface area contributed by atoms with Crippen LogP contribution in [0.5, 0.6) is 0 Å². The van der Waals surface area contributed by atoms with Gasteiger partial charge in [0.05, 0.1) is 12.2 Å². The van der Waals surface area contributed by atoms with Crippen LogP contribution in [-0.2, 0) is 11.8 Å². The number of carbonyl (C=O) groups is 1. The summed E-state index contributed by atoms with van der Waals surface area (Å²) >= 11 is 0. The lowest BCUT2D eigenvalue weighted by Crippen LogP contribution is -2.24. The molecule has 2 aromatic heterocycles. The number of aryl methyl sites for hydroxylation is 1. The van der Waals surface area contributed by atoms with Crippen molar-refractivity contribution in [1.82, 2.24) is 15.1 Å². The second-order valence-electron chi connectivity index (χ2n) is 6.43. The zero-order valence-electron chi connectivity index (χ0n) is 14.0. The van der Waals surface area contributed by atoms with Crippen LogP contribution in [0.1, 0.15) is 55.0 Å². The highest BCUT2D eigenvalue weighted by molar-refractivity contribution is 5.91. The van der Waals surface area contributed by atoms with Crippen molar-refractivity contribution in [2.45, 2.75) is 39.2 Å². The molecular weight excluding hydrogens is 290 g/mol. The first-order valence-electron chi connectivity index (χ1n) is 8.02. The fraction of sp³-hybridized carbons (Fsp3) is 0.444. The van der Waals surface area contributed by atoms with E-state index in [0.717, 1.165) is 22.8 Å². The van der Waals surface area contributed by atoms with E-state index in [0.29, 0.717) is 11.8 Å². The first-order chi connectivity index (χ1) is 11.0. The number of carbonyl (C=O) groups excluding carboxylic acids is 1. The maximum Gasteiger partial charge on any atom is 0.244 e. The summed E-state index contributed by atoms with van der Waals surface area (Å²) in [6.45, 7) is 6.16. The molecule has 2 aromatic rings. The van der Waals surface area contributed by atoms with Gasteiger partial charge in [0.15, 0.2) is 0 Å². The first kappa shape index (κ1) is 15.6. The molecule has 0 spiro atoms. The Morgan fingerprint density at radius 3 is 2.87 bits per heavy atom. The summed E-state index contributed by atoms with van der Waals surface area (Å²) in [5.41, 5.74) is 2.08. The van der Waals surface area contributed by atoms with Gasteiger partial charge in [0.1, 0.15) is 11.5 Å². The molecule has 1 amide bonds. The molecule has 23 heavy (non-hydrogen) atoms. The highest BCUT2D eigenvalue weighted by Gasteiger charge is 2.36. The predicted molar refractivity (Wildman–Crippen MR) is 88.8 cm³/mol. The molecule has 0 unspecified atom stereocenters. The molecule has 0 bridgehead atoms. The standard InChI is InChI=1S/C18H23N3O2/c1-11-9-15(11)17-7-5-14(23-17)6-8-18(22)20-12(2)16-10-19-21(4)13(16)3/h5-8,10-12,15H,9H2,1-4H3,(H,20,22)/b8-6-/t11-,12-,15+/m0/s1. The Morgan fingerprint density at radius 1 is 1.52 bits per heavy atom. The third kappa shape index (κ3) is 3.38. The molecule has 0 saturated heterocycles. The van der Waals surface area contributed by atoms with E-state index in [2.05, 4.69) is 17.3 Å². The number of hydrogen-bond donors (Lipinski definition) is 1. The van der Waals surface area contributed by atoms with E-state index in [1.807, 2.05) is 33.0 Å². The largest absolute Gasteiger partial charge is 0.461 e. The number of rotatable bonds is 5. The second-order valence-corrected chi connectivity index (χ2v) is 6.43. The molecule has 1 N–H and O–H groups in total. The zero-order chi connectivity index (χ0) is 16.6. The minimum absolute atomic E-state index is 0.0830. The van der Waals surface area contributed by atoms with Gasteiger partial charge in [-0.1, -0.05) is 6.92 Å². The van der Waals surface area contributed by atoms with E-state index >= 15 is 0 Å². The van der Waals surface area contributed by atoms with Crippen LogP contribution in [0.4, 0.5) is 0 Å². The molecule has 1 aliphatic rings. The van der Waals surface area contributed by atoms with E-state index < -0.39 is 0 Å². The maximum atomic E-state index is 12.1. The number of amides is 1. The van der Waals surface area contributed by atoms with Gasteiger partial charge in [-0.15, -0.1) is 0 Å². The van der Waals surface area contributed by atoms with Crippen molar-refractivity contribution in [2.24, 2.45) is 13.0 Å². The fourth-order valence-electron chi connectivity index (χ4n) is 2.81. The number of aromatic nitrogens is 2. The van der Waals surface area contributed by atoms with Gasteiger partial charge in [0.2, 0.25) is 5.91 Å². The lowest BCUT2D eigenvalue weighted by Gasteiger charge is -2.11. The van der Waals surface area contributed by atoms with E-state index in [-0.39, 0.29) is 11.9 Å². The van der Waals surface area contributed by atoms with Crippen LogP contribution in [0.3, 0.4) is 0 Å². The molecule has 1 saturated carbocycles. The van der Waals surface area contributed by atoms with Crippen molar-refractivity contribution in [3.05, 3.63) is 47.2 Å². The summed E-state index contributed by atoms with van der Waals surface area (Å²) in [7, 11) is 1.89. The van der Waals surface area contributed by atoms with Crippen molar-refractivity contribution in [1.29, 1.82) is 0 Å². The van der Waals surface area contributed by atoms with Crippen molar-refractivity contribution in [3.63, 3.8) is 0 Å². The molecule has 1 fully saturated rings. The van der Waals surface area contributed by atoms with Gasteiger partial charge in [-0.3, -0.25) is 9.48 Å². The maximum absolute atomic E-state index is 12.1. The summed E-state index contributed by atoms with van der Waals surface area (Å²) in [6, 6.07) is 3.84. The summed E-state index contributed by atoms with van der Waals surface area (Å²) in [6.07, 6.45) is 6.22. The quantitative estimate of drug-likeness (QED) is 0.861. The van der Waals surface area contributed by atoms with Gasteiger partial charge in [0.25, 0.3) is 0 Å². The smallest absolute Gasteiger partial charge is 0.244 e. The molecule has 0 aliphatic heterocycles. The number of hydrogen-bond acceptors (Lipinski definition) is 3. The summed E-state index contributed by atoms with van der Waals surface area (Å²) in [4.78, 5) is 12.1. The van der Waals surface area contributed by atoms with E-state index in [1.165, 1.54) is 12.5 Å². The van der Waals surface area contributed by atoms with Crippen LogP contribution in [0.2, 0.25) is 0 Å². The van der Waals surface area contributed by atoms with Crippen molar-refractivity contribution in [2.75, 3.05) is 0 Å². The molecule has 1 aliphatic carbocycles. The average molecular weight is 313 g/mol. The van der Waals surface area contributed by atoms with Gasteiger partial charge in [-0.05, 0) is 44.4 Å². The minimum atomic E-state index is -0.140. The van der Waals surface area contributed by atoms with Gasteiger partial charge < -0.3 is 9.73 Å². The van der Waals surface area contributed by atoms with Crippen LogP contribution < -0.4 is 5.32 Å². The second kappa shape index (κ2) is 6.07. The Labute approximate surface area is 136 Å². The lowest BCUT2D eigenvalue weighted by atomic mass is 10.1. The first-order valence-corrected chi connectivity index (χ1v) is 8.02. The SMILES string of the molecule is Cc1c([C@H](C)NC(=O)/C=C\c2ccc([C@@H]3C[C@@H]3C)o2)cnn1C. The van der Waals surface area contributed by atoms with Crippen LogP contribution in [0.25, 0.3) is 6.08 Å². The van der Waals surface area contributed by atoms with Crippen LogP contribution in [0.15, 0.2) is 28.8 Å². The number of furan rings is 1. The highest BCUT2D eigenvalue weighted by Crippen LogP contribution is 2.47. The predicted octanol–water partition coefficient (Wildman–Crippen LogP) is 3.34. The summed E-state index contributed by atoms with van der Waals surface area (Å²) < 4.78 is 7.56. The van der Waals surface area contributed by atoms with Crippen molar-refractivity contribution in [3.8, 4) is 0 Å². The monoisotopic (exact) mass is 313 g/mol. The molecule has 5 heteroatoms. The minimum Gasteiger partial charge on any atom is -0.461 e. The Balaban J connectivity index is 1.58. The molecule has 122 valence electrons. The van der Waals surface area contributed by atoms with Crippen molar-refractivity contribution >= 4 is 12.0 Å². The van der Waals surface area contributed by atoms with Gasteiger partial charge >= 0.3 is 0 Å². The number of nitrogens with one attached hydrogen (secondary N) is 1. The molecule has 2 heterocycles. The fourth-order valence-corrected chi connectivity index (χ4v) is 2.81. The Hall–Kier alpha value is -2.30. The molecule has 3 atom stereocenters. The van der Waals surface area contributed by atoms with Gasteiger partial charge in [-0.25, -0.2) is 0 Å². The zero-order valence-corrected chi connectivity index (χ0v) is 14.0. The molecule has 0 radical (unpaired) electrons. The summed E-state index contributed by atoms with van der Waals surface area (Å²) in [5.74, 6) is 2.87. The molecular formula is C18H23N3O2. The van der Waals surface area contributed by atoms with Crippen LogP contribution in [-0.4, -0.2) is 15.7 Å². The lowest BCUT2D eigenvalue weighted by molar-refractivity contribution is -0.117. The third-order valence-corrected chi connectivity index (χ3v) is 4.62. The Kier molecular flexibility index (Phi) is 4.11. The van der Waals surface area contributed by atoms with Crippen LogP contribution in [0, 0.1) is 12.8 Å². The Morgan fingerprint density at radius 2 is 2.26 bits per heavy atom. The van der Waals surface area contributed by atoms with E-state index in [4.69, 9.17) is 4.42 Å². The highest BCUT2D eigenvalue weighted by atomic mass is 16.3.